The van der Waals surface area contributed by atoms with Crippen molar-refractivity contribution >= 4 is 5.69 Å². The van der Waals surface area contributed by atoms with Crippen LogP contribution in [0.15, 0.2) is 54.6 Å². The first-order valence-electron chi connectivity index (χ1n) is 10.6. The summed E-state index contributed by atoms with van der Waals surface area (Å²) < 4.78 is 0. The second kappa shape index (κ2) is 9.32. The Morgan fingerprint density at radius 2 is 1.74 bits per heavy atom. The molecule has 0 spiro atoms. The first-order chi connectivity index (χ1) is 15.0. The standard InChI is InChI=1S/C24H27N5O2/c1-18-22(17-28-13-7-12-27(2)14-15-28)23(20-10-6-11-21(16-20)29(30)31)26-24(25-18)19-8-4-3-5-9-19/h3-6,8-11,16H,7,12-15,17H2,1-2H3. The normalized spacial score (nSPS) is 15.5. The van der Waals surface area contributed by atoms with Crippen molar-refractivity contribution in [1.82, 2.24) is 19.8 Å². The van der Waals surface area contributed by atoms with E-state index in [1.165, 1.54) is 6.07 Å². The molecule has 0 radical (unpaired) electrons. The Bertz CT molecular complexity index is 1070. The van der Waals surface area contributed by atoms with Crippen LogP contribution in [0, 0.1) is 17.0 Å². The lowest BCUT2D eigenvalue weighted by Crippen LogP contribution is -2.29. The summed E-state index contributed by atoms with van der Waals surface area (Å²) in [5.41, 5.74) is 4.46. The van der Waals surface area contributed by atoms with Crippen LogP contribution >= 0.6 is 0 Å². The minimum atomic E-state index is -0.361. The Labute approximate surface area is 182 Å². The van der Waals surface area contributed by atoms with Gasteiger partial charge in [-0.3, -0.25) is 15.0 Å². The summed E-state index contributed by atoms with van der Waals surface area (Å²) in [5.74, 6) is 0.638. The molecule has 0 atom stereocenters. The summed E-state index contributed by atoms with van der Waals surface area (Å²) >= 11 is 0. The molecule has 0 aliphatic carbocycles. The van der Waals surface area contributed by atoms with Crippen molar-refractivity contribution in [3.63, 3.8) is 0 Å². The number of hydrogen-bond donors (Lipinski definition) is 0. The van der Waals surface area contributed by atoms with Crippen molar-refractivity contribution in [2.24, 2.45) is 0 Å². The number of non-ortho nitro benzene ring substituents is 1. The zero-order valence-electron chi connectivity index (χ0n) is 18.0. The topological polar surface area (TPSA) is 75.4 Å². The Hall–Kier alpha value is -3.16. The second-order valence-corrected chi connectivity index (χ2v) is 8.07. The first kappa shape index (κ1) is 21.1. The molecule has 1 saturated heterocycles. The molecule has 0 N–H and O–H groups in total. The van der Waals surface area contributed by atoms with Gasteiger partial charge in [0.25, 0.3) is 5.69 Å². The Kier molecular flexibility index (Phi) is 6.34. The number of nitro groups is 1. The summed E-state index contributed by atoms with van der Waals surface area (Å²) in [4.78, 5) is 25.5. The second-order valence-electron chi connectivity index (χ2n) is 8.07. The Balaban J connectivity index is 1.79. The SMILES string of the molecule is Cc1nc(-c2ccccc2)nc(-c2cccc([N+](=O)[O-])c2)c1CN1CCCN(C)CC1. The van der Waals surface area contributed by atoms with Gasteiger partial charge in [0.1, 0.15) is 0 Å². The van der Waals surface area contributed by atoms with E-state index in [1.54, 1.807) is 12.1 Å². The van der Waals surface area contributed by atoms with Crippen LogP contribution in [0.1, 0.15) is 17.7 Å². The minimum absolute atomic E-state index is 0.0670. The largest absolute Gasteiger partial charge is 0.305 e. The molecule has 0 bridgehead atoms. The van der Waals surface area contributed by atoms with E-state index in [0.717, 1.165) is 67.2 Å². The predicted octanol–water partition coefficient (Wildman–Crippen LogP) is 4.16. The third-order valence-corrected chi connectivity index (χ3v) is 5.77. The predicted molar refractivity (Wildman–Crippen MR) is 122 cm³/mol. The number of aromatic nitrogens is 2. The van der Waals surface area contributed by atoms with E-state index in [2.05, 4.69) is 16.8 Å². The zero-order chi connectivity index (χ0) is 21.8. The van der Waals surface area contributed by atoms with Gasteiger partial charge in [0.05, 0.1) is 10.6 Å². The molecule has 1 aromatic heterocycles. The molecule has 1 aliphatic rings. The molecule has 7 heteroatoms. The molecule has 31 heavy (non-hydrogen) atoms. The summed E-state index contributed by atoms with van der Waals surface area (Å²) in [6.45, 7) is 6.84. The van der Waals surface area contributed by atoms with Crippen molar-refractivity contribution in [3.8, 4) is 22.6 Å². The molecular formula is C24H27N5O2. The fourth-order valence-corrected chi connectivity index (χ4v) is 3.99. The van der Waals surface area contributed by atoms with Gasteiger partial charge in [0.2, 0.25) is 0 Å². The van der Waals surface area contributed by atoms with E-state index >= 15 is 0 Å². The van der Waals surface area contributed by atoms with E-state index in [-0.39, 0.29) is 10.6 Å². The van der Waals surface area contributed by atoms with E-state index < -0.39 is 0 Å². The lowest BCUT2D eigenvalue weighted by molar-refractivity contribution is -0.384. The van der Waals surface area contributed by atoms with Gasteiger partial charge in [-0.25, -0.2) is 9.97 Å². The maximum Gasteiger partial charge on any atom is 0.270 e. The molecule has 160 valence electrons. The number of aryl methyl sites for hydroxylation is 1. The third-order valence-electron chi connectivity index (χ3n) is 5.77. The summed E-state index contributed by atoms with van der Waals surface area (Å²) in [7, 11) is 2.15. The van der Waals surface area contributed by atoms with Crippen molar-refractivity contribution in [1.29, 1.82) is 0 Å². The lowest BCUT2D eigenvalue weighted by Gasteiger charge is -2.23. The Morgan fingerprint density at radius 1 is 0.968 bits per heavy atom. The first-order valence-corrected chi connectivity index (χ1v) is 10.6. The average molecular weight is 418 g/mol. The maximum absolute atomic E-state index is 11.4. The van der Waals surface area contributed by atoms with Crippen LogP contribution in [0.2, 0.25) is 0 Å². The number of rotatable bonds is 5. The van der Waals surface area contributed by atoms with Gasteiger partial charge in [0, 0.05) is 54.2 Å². The van der Waals surface area contributed by atoms with Crippen LogP contribution in [0.5, 0.6) is 0 Å². The van der Waals surface area contributed by atoms with Gasteiger partial charge in [-0.2, -0.15) is 0 Å². The number of hydrogen-bond acceptors (Lipinski definition) is 6. The molecular weight excluding hydrogens is 390 g/mol. The average Bonchev–Trinajstić information content (AvgIpc) is 2.99. The number of benzene rings is 2. The third kappa shape index (κ3) is 4.95. The highest BCUT2D eigenvalue weighted by molar-refractivity contribution is 5.69. The van der Waals surface area contributed by atoms with Crippen molar-refractivity contribution in [3.05, 3.63) is 76.0 Å². The molecule has 0 saturated carbocycles. The summed E-state index contributed by atoms with van der Waals surface area (Å²) in [6, 6.07) is 16.6. The molecule has 3 aromatic rings. The Morgan fingerprint density at radius 3 is 2.52 bits per heavy atom. The molecule has 2 aromatic carbocycles. The lowest BCUT2D eigenvalue weighted by atomic mass is 10.0. The quantitative estimate of drug-likeness (QED) is 0.458. The number of nitrogens with zero attached hydrogens (tertiary/aromatic N) is 5. The molecule has 1 aliphatic heterocycles. The van der Waals surface area contributed by atoms with E-state index in [4.69, 9.17) is 9.97 Å². The van der Waals surface area contributed by atoms with Gasteiger partial charge in [-0.05, 0) is 33.5 Å². The van der Waals surface area contributed by atoms with Crippen LogP contribution in [-0.4, -0.2) is 57.9 Å². The fourth-order valence-electron chi connectivity index (χ4n) is 3.99. The maximum atomic E-state index is 11.4. The van der Waals surface area contributed by atoms with Crippen molar-refractivity contribution in [2.75, 3.05) is 33.2 Å². The smallest absolute Gasteiger partial charge is 0.270 e. The van der Waals surface area contributed by atoms with Crippen LogP contribution in [-0.2, 0) is 6.54 Å². The van der Waals surface area contributed by atoms with Crippen molar-refractivity contribution in [2.45, 2.75) is 19.9 Å². The van der Waals surface area contributed by atoms with Gasteiger partial charge in [-0.1, -0.05) is 42.5 Å². The van der Waals surface area contributed by atoms with Crippen LogP contribution in [0.4, 0.5) is 5.69 Å². The fraction of sp³-hybridized carbons (Fsp3) is 0.333. The molecule has 0 unspecified atom stereocenters. The number of likely N-dealkylation sites (N-methyl/N-ethyl adjacent to an activating group) is 1. The highest BCUT2D eigenvalue weighted by atomic mass is 16.6. The highest BCUT2D eigenvalue weighted by Crippen LogP contribution is 2.30. The molecule has 0 amide bonds. The van der Waals surface area contributed by atoms with E-state index in [9.17, 15) is 10.1 Å². The molecule has 7 nitrogen and oxygen atoms in total. The summed E-state index contributed by atoms with van der Waals surface area (Å²) in [6.07, 6.45) is 1.12. The number of nitro benzene ring substituents is 1. The van der Waals surface area contributed by atoms with Gasteiger partial charge in [0.15, 0.2) is 5.82 Å². The van der Waals surface area contributed by atoms with Gasteiger partial charge < -0.3 is 4.90 Å². The van der Waals surface area contributed by atoms with Crippen LogP contribution in [0.3, 0.4) is 0 Å². The van der Waals surface area contributed by atoms with E-state index in [1.807, 2.05) is 43.3 Å². The summed E-state index contributed by atoms with van der Waals surface area (Å²) in [5, 5.41) is 11.4. The van der Waals surface area contributed by atoms with Crippen molar-refractivity contribution < 1.29 is 4.92 Å². The highest BCUT2D eigenvalue weighted by Gasteiger charge is 2.20. The molecule has 2 heterocycles. The monoisotopic (exact) mass is 417 g/mol. The van der Waals surface area contributed by atoms with Crippen LogP contribution in [0.25, 0.3) is 22.6 Å². The van der Waals surface area contributed by atoms with Crippen LogP contribution < -0.4 is 0 Å². The zero-order valence-corrected chi connectivity index (χ0v) is 18.0. The van der Waals surface area contributed by atoms with Gasteiger partial charge in [-0.15, -0.1) is 0 Å². The van der Waals surface area contributed by atoms with Gasteiger partial charge >= 0.3 is 0 Å². The van der Waals surface area contributed by atoms with E-state index in [0.29, 0.717) is 5.82 Å². The molecule has 1 fully saturated rings. The minimum Gasteiger partial charge on any atom is -0.305 e. The molecule has 4 rings (SSSR count).